The van der Waals surface area contributed by atoms with Crippen LogP contribution < -0.4 is 5.32 Å². The van der Waals surface area contributed by atoms with Gasteiger partial charge in [0, 0.05) is 35.8 Å². The largest absolute Gasteiger partial charge is 0.362 e. The minimum Gasteiger partial charge on any atom is -0.362 e. The molecule has 4 unspecified atom stereocenters. The first kappa shape index (κ1) is 8.17. The molecule has 1 aromatic rings. The predicted molar refractivity (Wildman–Crippen MR) is 59.8 cm³/mol. The number of fused-ring (bicyclic) bond motifs is 6. The highest BCUT2D eigenvalue weighted by Gasteiger charge is 2.45. The second-order valence-electron chi connectivity index (χ2n) is 5.14. The SMILES string of the molecule is C1=CC2NC3Cc4ccc([nH]4)C3C2CC1. The second-order valence-corrected chi connectivity index (χ2v) is 5.14. The summed E-state index contributed by atoms with van der Waals surface area (Å²) < 4.78 is 0. The van der Waals surface area contributed by atoms with Crippen molar-refractivity contribution in [2.45, 2.75) is 37.3 Å². The van der Waals surface area contributed by atoms with Crippen molar-refractivity contribution in [2.24, 2.45) is 5.92 Å². The number of H-pyrrole nitrogens is 1. The molecule has 2 bridgehead atoms. The fraction of sp³-hybridized carbons (Fsp3) is 0.538. The number of aromatic amines is 1. The molecule has 0 amide bonds. The number of nitrogens with one attached hydrogen (secondary N) is 2. The minimum atomic E-state index is 0.636. The molecule has 78 valence electrons. The van der Waals surface area contributed by atoms with E-state index in [-0.39, 0.29) is 0 Å². The molecule has 3 aliphatic rings. The van der Waals surface area contributed by atoms with Crippen molar-refractivity contribution in [3.8, 4) is 0 Å². The number of allylic oxidation sites excluding steroid dienone is 1. The van der Waals surface area contributed by atoms with Gasteiger partial charge in [0.25, 0.3) is 0 Å². The van der Waals surface area contributed by atoms with Crippen LogP contribution in [0.4, 0.5) is 0 Å². The smallest absolute Gasteiger partial charge is 0.0288 e. The molecule has 4 atom stereocenters. The number of hydrogen-bond acceptors (Lipinski definition) is 1. The molecule has 2 aliphatic heterocycles. The van der Waals surface area contributed by atoms with Gasteiger partial charge in [-0.05, 0) is 30.9 Å². The molecule has 3 heterocycles. The normalized spacial score (nSPS) is 41.3. The van der Waals surface area contributed by atoms with Gasteiger partial charge in [-0.2, -0.15) is 0 Å². The van der Waals surface area contributed by atoms with E-state index in [9.17, 15) is 0 Å². The Morgan fingerprint density at radius 3 is 3.27 bits per heavy atom. The van der Waals surface area contributed by atoms with Crippen molar-refractivity contribution in [3.63, 3.8) is 0 Å². The predicted octanol–water partition coefficient (Wildman–Crippen LogP) is 1.96. The molecule has 15 heavy (non-hydrogen) atoms. The van der Waals surface area contributed by atoms with Gasteiger partial charge in [-0.1, -0.05) is 12.2 Å². The Labute approximate surface area is 89.8 Å². The van der Waals surface area contributed by atoms with Crippen molar-refractivity contribution in [1.29, 1.82) is 0 Å². The van der Waals surface area contributed by atoms with Gasteiger partial charge in [-0.15, -0.1) is 0 Å². The quantitative estimate of drug-likeness (QED) is 0.616. The van der Waals surface area contributed by atoms with Gasteiger partial charge in [-0.25, -0.2) is 0 Å². The summed E-state index contributed by atoms with van der Waals surface area (Å²) in [6.07, 6.45) is 8.52. The van der Waals surface area contributed by atoms with Crippen molar-refractivity contribution < 1.29 is 0 Å². The third-order valence-electron chi connectivity index (χ3n) is 4.34. The van der Waals surface area contributed by atoms with E-state index in [1.165, 1.54) is 30.7 Å². The summed E-state index contributed by atoms with van der Waals surface area (Å²) in [5, 5.41) is 3.79. The van der Waals surface area contributed by atoms with E-state index in [0.29, 0.717) is 12.1 Å². The minimum absolute atomic E-state index is 0.636. The van der Waals surface area contributed by atoms with Gasteiger partial charge in [-0.3, -0.25) is 0 Å². The van der Waals surface area contributed by atoms with E-state index in [1.54, 1.807) is 0 Å². The van der Waals surface area contributed by atoms with Crippen LogP contribution >= 0.6 is 0 Å². The lowest BCUT2D eigenvalue weighted by atomic mass is 9.78. The van der Waals surface area contributed by atoms with Gasteiger partial charge in [0.05, 0.1) is 0 Å². The average molecular weight is 200 g/mol. The van der Waals surface area contributed by atoms with E-state index in [0.717, 1.165) is 11.8 Å². The molecule has 1 saturated heterocycles. The average Bonchev–Trinajstić information content (AvgIpc) is 2.80. The summed E-state index contributed by atoms with van der Waals surface area (Å²) >= 11 is 0. The van der Waals surface area contributed by atoms with Crippen LogP contribution in [0.3, 0.4) is 0 Å². The van der Waals surface area contributed by atoms with Gasteiger partial charge in [0.2, 0.25) is 0 Å². The number of aromatic nitrogens is 1. The van der Waals surface area contributed by atoms with Crippen LogP contribution in [0.1, 0.15) is 30.1 Å². The first-order valence-electron chi connectivity index (χ1n) is 6.02. The Morgan fingerprint density at radius 1 is 1.27 bits per heavy atom. The zero-order valence-corrected chi connectivity index (χ0v) is 8.74. The molecule has 0 aromatic carbocycles. The monoisotopic (exact) mass is 200 g/mol. The summed E-state index contributed by atoms with van der Waals surface area (Å²) in [7, 11) is 0. The highest BCUT2D eigenvalue weighted by atomic mass is 15.0. The summed E-state index contributed by atoms with van der Waals surface area (Å²) in [5.41, 5.74) is 2.87. The van der Waals surface area contributed by atoms with Gasteiger partial charge in [0.15, 0.2) is 0 Å². The third kappa shape index (κ3) is 1.03. The molecule has 2 heteroatoms. The molecular formula is C13H16N2. The van der Waals surface area contributed by atoms with Crippen molar-refractivity contribution in [1.82, 2.24) is 10.3 Å². The van der Waals surface area contributed by atoms with Gasteiger partial charge < -0.3 is 10.3 Å². The lowest BCUT2D eigenvalue weighted by molar-refractivity contribution is 0.398. The second kappa shape index (κ2) is 2.76. The lowest BCUT2D eigenvalue weighted by Crippen LogP contribution is -2.33. The number of hydrogen-bond donors (Lipinski definition) is 2. The topological polar surface area (TPSA) is 27.8 Å². The highest BCUT2D eigenvalue weighted by molar-refractivity contribution is 5.30. The van der Waals surface area contributed by atoms with Crippen molar-refractivity contribution in [2.75, 3.05) is 0 Å². The molecular weight excluding hydrogens is 184 g/mol. The lowest BCUT2D eigenvalue weighted by Gasteiger charge is -2.27. The molecule has 0 spiro atoms. The van der Waals surface area contributed by atoms with Gasteiger partial charge in [0.1, 0.15) is 0 Å². The molecule has 1 fully saturated rings. The van der Waals surface area contributed by atoms with E-state index >= 15 is 0 Å². The van der Waals surface area contributed by atoms with E-state index in [2.05, 4.69) is 34.6 Å². The third-order valence-corrected chi connectivity index (χ3v) is 4.34. The van der Waals surface area contributed by atoms with E-state index in [1.807, 2.05) is 0 Å². The van der Waals surface area contributed by atoms with Crippen LogP contribution in [0.25, 0.3) is 0 Å². The van der Waals surface area contributed by atoms with Crippen LogP contribution in [-0.2, 0) is 6.42 Å². The number of rotatable bonds is 0. The van der Waals surface area contributed by atoms with Crippen LogP contribution in [0, 0.1) is 5.92 Å². The molecule has 1 aromatic heterocycles. The summed E-state index contributed by atoms with van der Waals surface area (Å²) in [5.74, 6) is 1.56. The maximum absolute atomic E-state index is 3.79. The standard InChI is InChI=1S/C13H16N2/c1-2-4-10-9(3-1)13-11-6-5-8(14-11)7-12(13)15-10/h2,4-6,9-10,12-15H,1,3,7H2. The fourth-order valence-corrected chi connectivity index (χ4v) is 3.73. The Bertz CT molecular complexity index is 418. The van der Waals surface area contributed by atoms with Crippen molar-refractivity contribution >= 4 is 0 Å². The first-order valence-corrected chi connectivity index (χ1v) is 6.02. The van der Waals surface area contributed by atoms with Crippen molar-refractivity contribution in [3.05, 3.63) is 35.7 Å². The molecule has 0 radical (unpaired) electrons. The van der Waals surface area contributed by atoms with Crippen LogP contribution in [0.15, 0.2) is 24.3 Å². The molecule has 0 saturated carbocycles. The Balaban J connectivity index is 1.78. The summed E-state index contributed by atoms with van der Waals surface area (Å²) in [4.78, 5) is 3.55. The van der Waals surface area contributed by atoms with E-state index < -0.39 is 0 Å². The fourth-order valence-electron chi connectivity index (χ4n) is 3.73. The molecule has 4 rings (SSSR count). The Hall–Kier alpha value is -1.02. The Kier molecular flexibility index (Phi) is 1.50. The van der Waals surface area contributed by atoms with Gasteiger partial charge >= 0.3 is 0 Å². The van der Waals surface area contributed by atoms with Crippen LogP contribution in [-0.4, -0.2) is 17.1 Å². The molecule has 1 aliphatic carbocycles. The van der Waals surface area contributed by atoms with Crippen LogP contribution in [0.2, 0.25) is 0 Å². The molecule has 2 nitrogen and oxygen atoms in total. The Morgan fingerprint density at radius 2 is 2.27 bits per heavy atom. The zero-order chi connectivity index (χ0) is 9.83. The first-order chi connectivity index (χ1) is 7.42. The zero-order valence-electron chi connectivity index (χ0n) is 8.74. The highest BCUT2D eigenvalue weighted by Crippen LogP contribution is 2.44. The van der Waals surface area contributed by atoms with Crippen LogP contribution in [0.5, 0.6) is 0 Å². The maximum Gasteiger partial charge on any atom is 0.0288 e. The summed E-state index contributed by atoms with van der Waals surface area (Å²) in [6.45, 7) is 0. The summed E-state index contributed by atoms with van der Waals surface area (Å²) in [6, 6.07) is 5.87. The molecule has 2 N–H and O–H groups in total. The van der Waals surface area contributed by atoms with E-state index in [4.69, 9.17) is 0 Å². The maximum atomic E-state index is 3.79.